The Bertz CT molecular complexity index is 462. The van der Waals surface area contributed by atoms with Gasteiger partial charge < -0.3 is 5.11 Å². The molecule has 0 spiro atoms. The molecule has 108 valence electrons. The van der Waals surface area contributed by atoms with Gasteiger partial charge in [0.05, 0.1) is 0 Å². The van der Waals surface area contributed by atoms with Crippen LogP contribution in [0.2, 0.25) is 0 Å². The number of rotatable bonds is 0. The molecule has 0 bridgehead atoms. The van der Waals surface area contributed by atoms with Gasteiger partial charge in [0.2, 0.25) is 0 Å². The first-order valence-electron chi connectivity index (χ1n) is 7.13. The van der Waals surface area contributed by atoms with Crippen molar-refractivity contribution >= 4 is 0 Å². The molecule has 1 nitrogen and oxygen atoms in total. The van der Waals surface area contributed by atoms with E-state index in [1.165, 1.54) is 11.1 Å². The second-order valence-corrected chi connectivity index (χ2v) is 8.63. The highest BCUT2D eigenvalue weighted by molar-refractivity contribution is 5.53. The molecule has 0 aliphatic heterocycles. The van der Waals surface area contributed by atoms with Crippen molar-refractivity contribution in [2.75, 3.05) is 0 Å². The highest BCUT2D eigenvalue weighted by atomic mass is 16.3. The minimum absolute atomic E-state index is 0.0178. The van der Waals surface area contributed by atoms with Crippen LogP contribution in [0.1, 0.15) is 79.0 Å². The first-order valence-corrected chi connectivity index (χ1v) is 7.13. The Labute approximate surface area is 119 Å². The zero-order chi connectivity index (χ0) is 15.2. The zero-order valence-electron chi connectivity index (χ0n) is 14.1. The lowest BCUT2D eigenvalue weighted by molar-refractivity contribution is 0.429. The van der Waals surface area contributed by atoms with E-state index in [9.17, 15) is 5.11 Å². The number of hydrogen-bond acceptors (Lipinski definition) is 1. The second-order valence-electron chi connectivity index (χ2n) is 8.63. The van der Waals surface area contributed by atoms with E-state index < -0.39 is 0 Å². The zero-order valence-corrected chi connectivity index (χ0v) is 14.1. The monoisotopic (exact) mass is 262 g/mol. The van der Waals surface area contributed by atoms with Gasteiger partial charge in [-0.2, -0.15) is 0 Å². The molecule has 0 saturated heterocycles. The summed E-state index contributed by atoms with van der Waals surface area (Å²) in [5.41, 5.74) is 3.76. The summed E-state index contributed by atoms with van der Waals surface area (Å²) in [7, 11) is 0. The van der Waals surface area contributed by atoms with Crippen molar-refractivity contribution in [1.29, 1.82) is 0 Å². The molecule has 0 atom stereocenters. The van der Waals surface area contributed by atoms with Gasteiger partial charge >= 0.3 is 0 Å². The summed E-state index contributed by atoms with van der Waals surface area (Å²) in [6, 6.07) is 3.95. The van der Waals surface area contributed by atoms with E-state index in [4.69, 9.17) is 0 Å². The van der Waals surface area contributed by atoms with E-state index in [-0.39, 0.29) is 16.2 Å². The van der Waals surface area contributed by atoms with E-state index in [1.807, 2.05) is 6.07 Å². The van der Waals surface area contributed by atoms with Crippen molar-refractivity contribution in [1.82, 2.24) is 0 Å². The van der Waals surface area contributed by atoms with Gasteiger partial charge in [0.1, 0.15) is 5.75 Å². The average Bonchev–Trinajstić information content (AvgIpc) is 2.11. The van der Waals surface area contributed by atoms with Crippen LogP contribution in [0.5, 0.6) is 5.75 Å². The molecule has 1 rings (SSSR count). The standard InChI is InChI=1S/C18H30O/c1-16(2,3)12-10-11-13(19)15(18(7,8)9)14(12)17(4,5)6/h10-11,19H,1-9H3. The molecule has 0 amide bonds. The van der Waals surface area contributed by atoms with Crippen LogP contribution < -0.4 is 0 Å². The van der Waals surface area contributed by atoms with Crippen molar-refractivity contribution in [3.8, 4) is 5.75 Å². The van der Waals surface area contributed by atoms with Crippen LogP contribution in [-0.4, -0.2) is 5.11 Å². The van der Waals surface area contributed by atoms with E-state index in [0.717, 1.165) is 5.56 Å². The summed E-state index contributed by atoms with van der Waals surface area (Å²) in [4.78, 5) is 0. The maximum absolute atomic E-state index is 10.4. The SMILES string of the molecule is CC(C)(C)c1ccc(O)c(C(C)(C)C)c1C(C)(C)C. The third-order valence-electron chi connectivity index (χ3n) is 3.49. The van der Waals surface area contributed by atoms with Crippen molar-refractivity contribution in [2.24, 2.45) is 0 Å². The van der Waals surface area contributed by atoms with Crippen molar-refractivity contribution < 1.29 is 5.11 Å². The summed E-state index contributed by atoms with van der Waals surface area (Å²) in [5.74, 6) is 0.422. The molecule has 0 fully saturated rings. The molecular weight excluding hydrogens is 232 g/mol. The third kappa shape index (κ3) is 3.32. The van der Waals surface area contributed by atoms with E-state index in [1.54, 1.807) is 0 Å². The van der Waals surface area contributed by atoms with Gasteiger partial charge in [0.15, 0.2) is 0 Å². The van der Waals surface area contributed by atoms with Gasteiger partial charge in [0, 0.05) is 5.56 Å². The Balaban J connectivity index is 3.82. The number of benzene rings is 1. The predicted octanol–water partition coefficient (Wildman–Crippen LogP) is 5.28. The second kappa shape index (κ2) is 4.54. The molecule has 0 aliphatic carbocycles. The van der Waals surface area contributed by atoms with E-state index in [2.05, 4.69) is 68.4 Å². The predicted molar refractivity (Wildman–Crippen MR) is 84.2 cm³/mol. The number of hydrogen-bond donors (Lipinski definition) is 1. The maximum Gasteiger partial charge on any atom is 0.119 e. The first kappa shape index (κ1) is 16.1. The highest BCUT2D eigenvalue weighted by Crippen LogP contribution is 2.44. The van der Waals surface area contributed by atoms with Crippen LogP contribution in [0, 0.1) is 0 Å². The first-order chi connectivity index (χ1) is 8.26. The number of phenolic OH excluding ortho intramolecular Hbond substituents is 1. The quantitative estimate of drug-likeness (QED) is 0.674. The molecule has 0 saturated carbocycles. The highest BCUT2D eigenvalue weighted by Gasteiger charge is 2.33. The number of aromatic hydroxyl groups is 1. The lowest BCUT2D eigenvalue weighted by Crippen LogP contribution is -2.28. The molecule has 1 aromatic carbocycles. The Morgan fingerprint density at radius 1 is 0.632 bits per heavy atom. The smallest absolute Gasteiger partial charge is 0.119 e. The molecule has 0 aliphatic rings. The summed E-state index contributed by atoms with van der Waals surface area (Å²) in [6.07, 6.45) is 0. The van der Waals surface area contributed by atoms with E-state index in [0.29, 0.717) is 5.75 Å². The lowest BCUT2D eigenvalue weighted by Gasteiger charge is -2.36. The average molecular weight is 262 g/mol. The molecule has 1 N–H and O–H groups in total. The van der Waals surface area contributed by atoms with Gasteiger partial charge in [-0.25, -0.2) is 0 Å². The van der Waals surface area contributed by atoms with Crippen LogP contribution >= 0.6 is 0 Å². The van der Waals surface area contributed by atoms with Gasteiger partial charge in [0.25, 0.3) is 0 Å². The van der Waals surface area contributed by atoms with Crippen LogP contribution in [0.25, 0.3) is 0 Å². The van der Waals surface area contributed by atoms with Gasteiger partial charge in [-0.05, 0) is 33.4 Å². The fourth-order valence-electron chi connectivity index (χ4n) is 2.75. The minimum Gasteiger partial charge on any atom is -0.508 e. The molecule has 1 aromatic rings. The molecule has 19 heavy (non-hydrogen) atoms. The molecule has 0 unspecified atom stereocenters. The Morgan fingerprint density at radius 2 is 1.05 bits per heavy atom. The number of phenols is 1. The van der Waals surface area contributed by atoms with Crippen molar-refractivity contribution in [3.63, 3.8) is 0 Å². The largest absolute Gasteiger partial charge is 0.508 e. The summed E-state index contributed by atoms with van der Waals surface area (Å²) in [6.45, 7) is 19.9. The fourth-order valence-corrected chi connectivity index (χ4v) is 2.75. The normalized spacial score (nSPS) is 13.7. The topological polar surface area (TPSA) is 20.2 Å². The fraction of sp³-hybridized carbons (Fsp3) is 0.667. The van der Waals surface area contributed by atoms with Crippen LogP contribution in [0.3, 0.4) is 0 Å². The molecule has 0 aromatic heterocycles. The van der Waals surface area contributed by atoms with Crippen molar-refractivity contribution in [2.45, 2.75) is 78.6 Å². The van der Waals surface area contributed by atoms with Gasteiger partial charge in [-0.15, -0.1) is 0 Å². The molecule has 0 radical (unpaired) electrons. The minimum atomic E-state index is -0.0616. The summed E-state index contributed by atoms with van der Waals surface area (Å²) < 4.78 is 0. The van der Waals surface area contributed by atoms with Gasteiger partial charge in [-0.3, -0.25) is 0 Å². The summed E-state index contributed by atoms with van der Waals surface area (Å²) in [5, 5.41) is 10.4. The Hall–Kier alpha value is -0.980. The van der Waals surface area contributed by atoms with Crippen molar-refractivity contribution in [3.05, 3.63) is 28.8 Å². The molecular formula is C18H30O. The maximum atomic E-state index is 10.4. The Kier molecular flexibility index (Phi) is 3.84. The summed E-state index contributed by atoms with van der Waals surface area (Å²) >= 11 is 0. The lowest BCUT2D eigenvalue weighted by atomic mass is 9.68. The van der Waals surface area contributed by atoms with Gasteiger partial charge in [-0.1, -0.05) is 68.4 Å². The molecule has 1 heteroatoms. The Morgan fingerprint density at radius 3 is 1.37 bits per heavy atom. The van der Waals surface area contributed by atoms with Crippen LogP contribution in [0.4, 0.5) is 0 Å². The van der Waals surface area contributed by atoms with E-state index >= 15 is 0 Å². The molecule has 0 heterocycles. The van der Waals surface area contributed by atoms with Crippen LogP contribution in [-0.2, 0) is 16.2 Å². The van der Waals surface area contributed by atoms with Crippen LogP contribution in [0.15, 0.2) is 12.1 Å². The third-order valence-corrected chi connectivity index (χ3v) is 3.49.